The molecule has 4 nitrogen and oxygen atoms in total. The van der Waals surface area contributed by atoms with E-state index in [1.165, 1.54) is 0 Å². The number of carbonyl (C=O) groups is 1. The number of carbonyl (C=O) groups excluding carboxylic acids is 1. The second-order valence-corrected chi connectivity index (χ2v) is 5.08. The van der Waals surface area contributed by atoms with Gasteiger partial charge in [-0.1, -0.05) is 0 Å². The lowest BCUT2D eigenvalue weighted by atomic mass is 10.6. The average Bonchev–Trinajstić information content (AvgIpc) is 2.30. The minimum Gasteiger partial charge on any atom is -0.717 e. The van der Waals surface area contributed by atoms with Crippen molar-refractivity contribution in [2.45, 2.75) is 23.9 Å². The predicted molar refractivity (Wildman–Crippen MR) is 55.8 cm³/mol. The molecule has 1 fully saturated rings. The molecule has 6 heteroatoms. The van der Waals surface area contributed by atoms with Gasteiger partial charge in [-0.15, -0.1) is 0 Å². The number of rotatable bonds is 3. The van der Waals surface area contributed by atoms with Crippen molar-refractivity contribution in [3.05, 3.63) is 0 Å². The minimum atomic E-state index is -0.207. The van der Waals surface area contributed by atoms with Gasteiger partial charge in [0.25, 0.3) is 0 Å². The van der Waals surface area contributed by atoms with Crippen molar-refractivity contribution in [3.63, 3.8) is 0 Å². The van der Waals surface area contributed by atoms with E-state index in [0.717, 1.165) is 11.8 Å². The molecule has 0 radical (unpaired) electrons. The Hall–Kier alpha value is 0.0900. The zero-order chi connectivity index (χ0) is 9.84. The summed E-state index contributed by atoms with van der Waals surface area (Å²) in [6, 6.07) is 0. The number of ether oxygens (including phenoxy) is 1. The molecule has 1 N–H and O–H groups in total. The van der Waals surface area contributed by atoms with Crippen LogP contribution in [-0.4, -0.2) is 34.2 Å². The minimum absolute atomic E-state index is 0.0180. The van der Waals surface area contributed by atoms with E-state index in [9.17, 15) is 4.79 Å². The van der Waals surface area contributed by atoms with Gasteiger partial charge in [-0.25, -0.2) is 5.43 Å². The highest BCUT2D eigenvalue weighted by Crippen LogP contribution is 2.09. The van der Waals surface area contributed by atoms with E-state index in [1.54, 1.807) is 6.92 Å². The fourth-order valence-corrected chi connectivity index (χ4v) is 2.66. The standard InChI is InChI=1S/C7H14N2O2S2/c1-3-11-6(10)4-9-5(2)13-7(12)8-9/h5,7-8,12H,3-4H2,1-2H3. The van der Waals surface area contributed by atoms with Crippen LogP contribution in [0.3, 0.4) is 0 Å². The Morgan fingerprint density at radius 2 is 2.46 bits per heavy atom. The topological polar surface area (TPSA) is 41.6 Å². The maximum Gasteiger partial charge on any atom is 0.321 e. The van der Waals surface area contributed by atoms with E-state index < -0.39 is 0 Å². The predicted octanol–water partition coefficient (Wildman–Crippen LogP) is -0.639. The largest absolute Gasteiger partial charge is 0.717 e. The molecule has 0 bridgehead atoms. The maximum atomic E-state index is 11.1. The van der Waals surface area contributed by atoms with Gasteiger partial charge in [0.1, 0.15) is 6.54 Å². The molecule has 1 heterocycles. The third kappa shape index (κ3) is 3.38. The molecule has 76 valence electrons. The van der Waals surface area contributed by atoms with Gasteiger partial charge in [0.05, 0.1) is 11.3 Å². The SMILES string of the molecule is CCOC(=O)CN1NC([S-])[SH+]C1C. The highest BCUT2D eigenvalue weighted by molar-refractivity contribution is 7.90. The van der Waals surface area contributed by atoms with Gasteiger partial charge in [0.2, 0.25) is 0 Å². The summed E-state index contributed by atoms with van der Waals surface area (Å²) in [5.74, 6) is -0.207. The number of nitrogens with zero attached hydrogens (tertiary/aromatic N) is 1. The fraction of sp³-hybridized carbons (Fsp3) is 0.857. The van der Waals surface area contributed by atoms with E-state index in [2.05, 4.69) is 5.43 Å². The van der Waals surface area contributed by atoms with Crippen molar-refractivity contribution in [2.24, 2.45) is 0 Å². The third-order valence-electron chi connectivity index (χ3n) is 1.68. The van der Waals surface area contributed by atoms with Crippen molar-refractivity contribution < 1.29 is 9.53 Å². The number of esters is 1. The monoisotopic (exact) mass is 222 g/mol. The summed E-state index contributed by atoms with van der Waals surface area (Å²) in [7, 11) is 0. The highest BCUT2D eigenvalue weighted by atomic mass is 32.2. The van der Waals surface area contributed by atoms with Crippen LogP contribution in [0, 0.1) is 0 Å². The molecule has 1 saturated heterocycles. The normalized spacial score (nSPS) is 29.2. The first-order valence-corrected chi connectivity index (χ1v) is 5.68. The molecule has 1 rings (SSSR count). The summed E-state index contributed by atoms with van der Waals surface area (Å²) in [6.45, 7) is 4.53. The zero-order valence-electron chi connectivity index (χ0n) is 7.69. The highest BCUT2D eigenvalue weighted by Gasteiger charge is 2.31. The van der Waals surface area contributed by atoms with Crippen LogP contribution in [0.4, 0.5) is 0 Å². The zero-order valence-corrected chi connectivity index (χ0v) is 9.40. The first kappa shape index (κ1) is 11.2. The van der Waals surface area contributed by atoms with Crippen LogP contribution in [0.15, 0.2) is 0 Å². The second-order valence-electron chi connectivity index (χ2n) is 2.70. The van der Waals surface area contributed by atoms with Crippen molar-refractivity contribution >= 4 is 30.4 Å². The van der Waals surface area contributed by atoms with Crippen LogP contribution in [-0.2, 0) is 33.9 Å². The first-order chi connectivity index (χ1) is 6.13. The molecule has 0 spiro atoms. The Balaban J connectivity index is 2.32. The summed E-state index contributed by atoms with van der Waals surface area (Å²) >= 11 is 6.19. The van der Waals surface area contributed by atoms with Crippen LogP contribution < -0.4 is 5.43 Å². The van der Waals surface area contributed by atoms with Crippen molar-refractivity contribution in [1.82, 2.24) is 10.4 Å². The quantitative estimate of drug-likeness (QED) is 0.298. The molecular weight excluding hydrogens is 208 g/mol. The van der Waals surface area contributed by atoms with Crippen LogP contribution in [0.2, 0.25) is 0 Å². The van der Waals surface area contributed by atoms with E-state index in [0.29, 0.717) is 6.61 Å². The number of nitrogens with one attached hydrogen (secondary N) is 1. The molecule has 0 aromatic rings. The molecule has 2 unspecified atom stereocenters. The number of hydrogen-bond acceptors (Lipinski definition) is 5. The average molecular weight is 222 g/mol. The van der Waals surface area contributed by atoms with E-state index in [1.807, 2.05) is 11.9 Å². The van der Waals surface area contributed by atoms with Gasteiger partial charge in [-0.05, 0) is 25.6 Å². The lowest BCUT2D eigenvalue weighted by Gasteiger charge is -2.16. The Labute approximate surface area is 87.8 Å². The van der Waals surface area contributed by atoms with Crippen LogP contribution in [0.5, 0.6) is 0 Å². The lowest BCUT2D eigenvalue weighted by Crippen LogP contribution is -2.42. The van der Waals surface area contributed by atoms with Crippen LogP contribution in [0.25, 0.3) is 0 Å². The first-order valence-electron chi connectivity index (χ1n) is 4.17. The van der Waals surface area contributed by atoms with Crippen molar-refractivity contribution in [2.75, 3.05) is 13.2 Å². The van der Waals surface area contributed by atoms with Crippen molar-refractivity contribution in [1.29, 1.82) is 0 Å². The Morgan fingerprint density at radius 1 is 1.77 bits per heavy atom. The third-order valence-corrected chi connectivity index (χ3v) is 3.25. The molecule has 1 aliphatic heterocycles. The van der Waals surface area contributed by atoms with Gasteiger partial charge in [-0.3, -0.25) is 4.79 Å². The molecule has 0 aliphatic carbocycles. The number of thiol groups is 1. The van der Waals surface area contributed by atoms with E-state index in [4.69, 9.17) is 17.4 Å². The van der Waals surface area contributed by atoms with E-state index in [-0.39, 0.29) is 22.6 Å². The second kappa shape index (κ2) is 5.09. The van der Waals surface area contributed by atoms with Crippen molar-refractivity contribution in [3.8, 4) is 0 Å². The Morgan fingerprint density at radius 3 is 2.92 bits per heavy atom. The molecule has 2 atom stereocenters. The summed E-state index contributed by atoms with van der Waals surface area (Å²) in [5, 5.41) is 2.11. The number of hydrazine groups is 1. The van der Waals surface area contributed by atoms with E-state index >= 15 is 0 Å². The van der Waals surface area contributed by atoms with Crippen LogP contribution >= 0.6 is 0 Å². The van der Waals surface area contributed by atoms with Gasteiger partial charge in [-0.2, -0.15) is 5.01 Å². The van der Waals surface area contributed by atoms with Gasteiger partial charge in [0, 0.05) is 0 Å². The molecule has 13 heavy (non-hydrogen) atoms. The fourth-order valence-electron chi connectivity index (χ4n) is 1.08. The smallest absolute Gasteiger partial charge is 0.321 e. The van der Waals surface area contributed by atoms with Gasteiger partial charge < -0.3 is 17.4 Å². The lowest BCUT2D eigenvalue weighted by molar-refractivity contribution is -0.145. The molecule has 1 aliphatic rings. The van der Waals surface area contributed by atoms with Crippen LogP contribution in [0.1, 0.15) is 13.8 Å². The summed E-state index contributed by atoms with van der Waals surface area (Å²) in [6.07, 6.45) is 0. The molecule has 0 aromatic carbocycles. The maximum absolute atomic E-state index is 11.1. The van der Waals surface area contributed by atoms with Gasteiger partial charge in [0.15, 0.2) is 5.37 Å². The summed E-state index contributed by atoms with van der Waals surface area (Å²) in [5.41, 5.74) is 3.03. The Kier molecular flexibility index (Phi) is 4.37. The Bertz CT molecular complexity index is 191. The summed E-state index contributed by atoms with van der Waals surface area (Å²) < 4.78 is 4.85. The molecular formula is C7H14N2O2S2. The van der Waals surface area contributed by atoms with Gasteiger partial charge >= 0.3 is 5.97 Å². The molecule has 0 amide bonds. The molecule has 0 aromatic heterocycles. The molecule has 0 saturated carbocycles. The summed E-state index contributed by atoms with van der Waals surface area (Å²) in [4.78, 5) is 11.1. The number of hydrogen-bond donors (Lipinski definition) is 1.